The van der Waals surface area contributed by atoms with Crippen LogP contribution >= 0.6 is 11.6 Å². The van der Waals surface area contributed by atoms with E-state index in [9.17, 15) is 9.90 Å². The second kappa shape index (κ2) is 7.78. The van der Waals surface area contributed by atoms with Crippen molar-refractivity contribution in [2.24, 2.45) is 5.92 Å². The molecule has 1 saturated heterocycles. The average molecular weight is 311 g/mol. The summed E-state index contributed by atoms with van der Waals surface area (Å²) in [7, 11) is 0. The number of aliphatic hydroxyl groups is 1. The van der Waals surface area contributed by atoms with Gasteiger partial charge in [0.05, 0.1) is 12.6 Å². The predicted octanol–water partition coefficient (Wildman–Crippen LogP) is 2.05. The van der Waals surface area contributed by atoms with Crippen molar-refractivity contribution in [3.05, 3.63) is 34.9 Å². The summed E-state index contributed by atoms with van der Waals surface area (Å²) in [5, 5.41) is 13.3. The van der Waals surface area contributed by atoms with E-state index < -0.39 is 0 Å². The lowest BCUT2D eigenvalue weighted by molar-refractivity contribution is -0.123. The molecule has 1 aromatic carbocycles. The highest BCUT2D eigenvalue weighted by atomic mass is 35.5. The monoisotopic (exact) mass is 310 g/mol. The Labute approximate surface area is 131 Å². The van der Waals surface area contributed by atoms with E-state index in [-0.39, 0.29) is 17.9 Å². The quantitative estimate of drug-likeness (QED) is 0.875. The zero-order valence-corrected chi connectivity index (χ0v) is 13.1. The molecule has 21 heavy (non-hydrogen) atoms. The Bertz CT molecular complexity index is 462. The second-order valence-corrected chi connectivity index (χ2v) is 6.22. The fourth-order valence-corrected chi connectivity index (χ4v) is 2.82. The van der Waals surface area contributed by atoms with Crippen LogP contribution in [0.2, 0.25) is 5.02 Å². The molecule has 1 aliphatic rings. The summed E-state index contributed by atoms with van der Waals surface area (Å²) in [6, 6.07) is 7.46. The van der Waals surface area contributed by atoms with Gasteiger partial charge in [0.15, 0.2) is 0 Å². The molecule has 0 bridgehead atoms. The zero-order valence-electron chi connectivity index (χ0n) is 12.4. The molecule has 0 spiro atoms. The maximum Gasteiger partial charge on any atom is 0.234 e. The molecule has 116 valence electrons. The Balaban J connectivity index is 1.75. The Morgan fingerprint density at radius 2 is 2.19 bits per heavy atom. The van der Waals surface area contributed by atoms with Crippen LogP contribution in [0, 0.1) is 5.92 Å². The molecule has 2 atom stereocenters. The van der Waals surface area contributed by atoms with Crippen molar-refractivity contribution in [1.29, 1.82) is 0 Å². The molecular weight excluding hydrogens is 288 g/mol. The van der Waals surface area contributed by atoms with E-state index in [4.69, 9.17) is 11.6 Å². The molecule has 4 nitrogen and oxygen atoms in total. The van der Waals surface area contributed by atoms with Gasteiger partial charge in [-0.25, -0.2) is 0 Å². The normalized spacial score (nSPS) is 21.0. The third-order valence-corrected chi connectivity index (χ3v) is 4.25. The highest BCUT2D eigenvalue weighted by Crippen LogP contribution is 2.19. The van der Waals surface area contributed by atoms with Crippen LogP contribution in [-0.4, -0.2) is 41.7 Å². The van der Waals surface area contributed by atoms with Crippen LogP contribution in [0.25, 0.3) is 0 Å². The van der Waals surface area contributed by atoms with E-state index in [1.807, 2.05) is 31.2 Å². The number of hydrogen-bond donors (Lipinski definition) is 2. The maximum absolute atomic E-state index is 12.0. The highest BCUT2D eigenvalue weighted by molar-refractivity contribution is 6.30. The van der Waals surface area contributed by atoms with Gasteiger partial charge in [-0.05, 0) is 49.9 Å². The molecule has 0 radical (unpaired) electrons. The molecule has 2 rings (SSSR count). The fourth-order valence-electron chi connectivity index (χ4n) is 2.69. The number of carbonyl (C=O) groups is 1. The number of benzene rings is 1. The van der Waals surface area contributed by atoms with Gasteiger partial charge < -0.3 is 10.4 Å². The SMILES string of the molecule is CC(O)C1CCCN(CC(=O)NCc2ccc(Cl)cc2)C1. The molecule has 1 heterocycles. The smallest absolute Gasteiger partial charge is 0.234 e. The molecular formula is C16H23ClN2O2. The largest absolute Gasteiger partial charge is 0.393 e. The number of amides is 1. The summed E-state index contributed by atoms with van der Waals surface area (Å²) in [5.74, 6) is 0.305. The van der Waals surface area contributed by atoms with Gasteiger partial charge in [-0.2, -0.15) is 0 Å². The van der Waals surface area contributed by atoms with Crippen LogP contribution in [0.15, 0.2) is 24.3 Å². The molecule has 1 aliphatic heterocycles. The second-order valence-electron chi connectivity index (χ2n) is 5.78. The van der Waals surface area contributed by atoms with Crippen molar-refractivity contribution in [1.82, 2.24) is 10.2 Å². The third-order valence-electron chi connectivity index (χ3n) is 3.99. The van der Waals surface area contributed by atoms with E-state index in [2.05, 4.69) is 10.2 Å². The summed E-state index contributed by atoms with van der Waals surface area (Å²) in [6.45, 7) is 4.47. The van der Waals surface area contributed by atoms with Crippen LogP contribution in [0.1, 0.15) is 25.3 Å². The average Bonchev–Trinajstić information content (AvgIpc) is 2.47. The first-order chi connectivity index (χ1) is 10.0. The van der Waals surface area contributed by atoms with Gasteiger partial charge in [0, 0.05) is 18.1 Å². The number of rotatable bonds is 5. The maximum atomic E-state index is 12.0. The Morgan fingerprint density at radius 1 is 1.48 bits per heavy atom. The van der Waals surface area contributed by atoms with E-state index >= 15 is 0 Å². The molecule has 0 saturated carbocycles. The number of nitrogens with one attached hydrogen (secondary N) is 1. The lowest BCUT2D eigenvalue weighted by Gasteiger charge is -2.33. The topological polar surface area (TPSA) is 52.6 Å². The first-order valence-corrected chi connectivity index (χ1v) is 7.84. The molecule has 1 fully saturated rings. The van der Waals surface area contributed by atoms with Crippen LogP contribution in [0.4, 0.5) is 0 Å². The number of piperidine rings is 1. The molecule has 0 aromatic heterocycles. The summed E-state index contributed by atoms with van der Waals surface area (Å²) >= 11 is 5.83. The van der Waals surface area contributed by atoms with Gasteiger partial charge in [0.1, 0.15) is 0 Å². The van der Waals surface area contributed by atoms with E-state index in [0.717, 1.165) is 31.5 Å². The van der Waals surface area contributed by atoms with Gasteiger partial charge in [-0.3, -0.25) is 9.69 Å². The minimum atomic E-state index is -0.301. The fraction of sp³-hybridized carbons (Fsp3) is 0.562. The first kappa shape index (κ1) is 16.3. The van der Waals surface area contributed by atoms with Crippen LogP contribution < -0.4 is 5.32 Å². The van der Waals surface area contributed by atoms with Crippen molar-refractivity contribution < 1.29 is 9.90 Å². The summed E-state index contributed by atoms with van der Waals surface area (Å²) in [5.41, 5.74) is 1.04. The van der Waals surface area contributed by atoms with E-state index in [0.29, 0.717) is 18.1 Å². The van der Waals surface area contributed by atoms with Crippen molar-refractivity contribution >= 4 is 17.5 Å². The molecule has 2 N–H and O–H groups in total. The van der Waals surface area contributed by atoms with Gasteiger partial charge in [0.25, 0.3) is 0 Å². The van der Waals surface area contributed by atoms with Crippen LogP contribution in [0.5, 0.6) is 0 Å². The first-order valence-electron chi connectivity index (χ1n) is 7.46. The Morgan fingerprint density at radius 3 is 2.86 bits per heavy atom. The van der Waals surface area contributed by atoms with Crippen LogP contribution in [-0.2, 0) is 11.3 Å². The molecule has 1 aromatic rings. The minimum Gasteiger partial charge on any atom is -0.393 e. The van der Waals surface area contributed by atoms with E-state index in [1.165, 1.54) is 0 Å². The van der Waals surface area contributed by atoms with E-state index in [1.54, 1.807) is 0 Å². The van der Waals surface area contributed by atoms with Crippen LogP contribution in [0.3, 0.4) is 0 Å². The minimum absolute atomic E-state index is 0.0243. The van der Waals surface area contributed by atoms with Gasteiger partial charge in [0.2, 0.25) is 5.91 Å². The Hall–Kier alpha value is -1.10. The number of aliphatic hydroxyl groups excluding tert-OH is 1. The number of nitrogens with zero attached hydrogens (tertiary/aromatic N) is 1. The van der Waals surface area contributed by atoms with Crippen molar-refractivity contribution in [3.8, 4) is 0 Å². The highest BCUT2D eigenvalue weighted by Gasteiger charge is 2.24. The molecule has 0 aliphatic carbocycles. The lowest BCUT2D eigenvalue weighted by atomic mass is 9.93. The summed E-state index contributed by atoms with van der Waals surface area (Å²) in [6.07, 6.45) is 1.78. The predicted molar refractivity (Wildman–Crippen MR) is 84.1 cm³/mol. The standard InChI is InChI=1S/C16H23ClN2O2/c1-12(20)14-3-2-8-19(10-14)11-16(21)18-9-13-4-6-15(17)7-5-13/h4-7,12,14,20H,2-3,8-11H2,1H3,(H,18,21). The number of halogens is 1. The van der Waals surface area contributed by atoms with Crippen molar-refractivity contribution in [2.45, 2.75) is 32.4 Å². The third kappa shape index (κ3) is 5.30. The van der Waals surface area contributed by atoms with Gasteiger partial charge in [-0.15, -0.1) is 0 Å². The molecule has 5 heteroatoms. The number of hydrogen-bond acceptors (Lipinski definition) is 3. The summed E-state index contributed by atoms with van der Waals surface area (Å²) in [4.78, 5) is 14.1. The van der Waals surface area contributed by atoms with Crippen molar-refractivity contribution in [3.63, 3.8) is 0 Å². The van der Waals surface area contributed by atoms with Gasteiger partial charge in [-0.1, -0.05) is 23.7 Å². The number of carbonyl (C=O) groups excluding carboxylic acids is 1. The molecule has 1 amide bonds. The van der Waals surface area contributed by atoms with Crippen molar-refractivity contribution in [2.75, 3.05) is 19.6 Å². The van der Waals surface area contributed by atoms with Gasteiger partial charge >= 0.3 is 0 Å². The lowest BCUT2D eigenvalue weighted by Crippen LogP contribution is -2.44. The zero-order chi connectivity index (χ0) is 15.2. The molecule has 2 unspecified atom stereocenters. The number of likely N-dealkylation sites (tertiary alicyclic amines) is 1. The summed E-state index contributed by atoms with van der Waals surface area (Å²) < 4.78 is 0. The Kier molecular flexibility index (Phi) is 6.03.